The first-order valence-electron chi connectivity index (χ1n) is 3.98. The van der Waals surface area contributed by atoms with Crippen molar-refractivity contribution in [1.29, 1.82) is 0 Å². The number of fused-ring (bicyclic) bond motifs is 1. The van der Waals surface area contributed by atoms with Crippen molar-refractivity contribution in [1.82, 2.24) is 9.97 Å². The van der Waals surface area contributed by atoms with Crippen LogP contribution in [0.2, 0.25) is 0 Å². The first-order chi connectivity index (χ1) is 5.92. The van der Waals surface area contributed by atoms with E-state index in [1.54, 1.807) is 12.4 Å². The lowest BCUT2D eigenvalue weighted by Crippen LogP contribution is -2.26. The van der Waals surface area contributed by atoms with Gasteiger partial charge in [-0.25, -0.2) is 4.98 Å². The van der Waals surface area contributed by atoms with Gasteiger partial charge >= 0.3 is 0 Å². The Morgan fingerprint density at radius 1 is 1.42 bits per heavy atom. The molecular weight excluding hydrogens is 152 g/mol. The normalized spacial score (nSPS) is 14.6. The van der Waals surface area contributed by atoms with Crippen LogP contribution in [0.15, 0.2) is 17.4 Å². The lowest BCUT2D eigenvalue weighted by Gasteiger charge is -2.21. The van der Waals surface area contributed by atoms with Crippen LogP contribution >= 0.6 is 0 Å². The van der Waals surface area contributed by atoms with E-state index in [-0.39, 0.29) is 0 Å². The predicted octanol–water partition coefficient (Wildman–Crippen LogP) is 0.845. The van der Waals surface area contributed by atoms with Gasteiger partial charge in [0.2, 0.25) is 0 Å². The van der Waals surface area contributed by atoms with Gasteiger partial charge in [0.15, 0.2) is 5.82 Å². The SMILES string of the molecule is CCN1C=NCc2nccnc21. The molecule has 62 valence electrons. The molecule has 0 atom stereocenters. The van der Waals surface area contributed by atoms with E-state index in [9.17, 15) is 0 Å². The summed E-state index contributed by atoms with van der Waals surface area (Å²) < 4.78 is 0. The quantitative estimate of drug-likeness (QED) is 0.614. The summed E-state index contributed by atoms with van der Waals surface area (Å²) in [6.07, 6.45) is 5.23. The predicted molar refractivity (Wildman–Crippen MR) is 47.2 cm³/mol. The van der Waals surface area contributed by atoms with Crippen LogP contribution in [0.3, 0.4) is 0 Å². The van der Waals surface area contributed by atoms with Crippen molar-refractivity contribution in [3.05, 3.63) is 18.1 Å². The Morgan fingerprint density at radius 3 is 3.08 bits per heavy atom. The molecule has 2 rings (SSSR count). The topological polar surface area (TPSA) is 41.4 Å². The molecule has 0 spiro atoms. The molecule has 1 aliphatic rings. The largest absolute Gasteiger partial charge is 0.316 e. The zero-order valence-electron chi connectivity index (χ0n) is 6.94. The fourth-order valence-electron chi connectivity index (χ4n) is 1.22. The maximum Gasteiger partial charge on any atom is 0.157 e. The smallest absolute Gasteiger partial charge is 0.157 e. The highest BCUT2D eigenvalue weighted by Gasteiger charge is 2.13. The minimum absolute atomic E-state index is 0.652. The second kappa shape index (κ2) is 2.89. The van der Waals surface area contributed by atoms with Crippen LogP contribution in [0.25, 0.3) is 0 Å². The van der Waals surface area contributed by atoms with Gasteiger partial charge in [0.1, 0.15) is 5.69 Å². The number of anilines is 1. The molecule has 0 saturated carbocycles. The van der Waals surface area contributed by atoms with Crippen molar-refractivity contribution in [2.45, 2.75) is 13.5 Å². The second-order valence-electron chi connectivity index (χ2n) is 2.57. The van der Waals surface area contributed by atoms with Gasteiger partial charge in [-0.15, -0.1) is 0 Å². The molecule has 0 amide bonds. The van der Waals surface area contributed by atoms with Crippen molar-refractivity contribution >= 4 is 12.2 Å². The van der Waals surface area contributed by atoms with Crippen LogP contribution in [0.4, 0.5) is 5.82 Å². The fourth-order valence-corrected chi connectivity index (χ4v) is 1.22. The highest BCUT2D eigenvalue weighted by Crippen LogP contribution is 2.17. The summed E-state index contributed by atoms with van der Waals surface area (Å²) in [5.74, 6) is 0.940. The monoisotopic (exact) mass is 162 g/mol. The van der Waals surface area contributed by atoms with Crippen molar-refractivity contribution in [2.24, 2.45) is 4.99 Å². The Labute approximate surface area is 71.0 Å². The third-order valence-electron chi connectivity index (χ3n) is 1.83. The van der Waals surface area contributed by atoms with Crippen LogP contribution in [0, 0.1) is 0 Å². The number of aliphatic imine (C=N–C) groups is 1. The summed E-state index contributed by atoms with van der Waals surface area (Å²) >= 11 is 0. The average molecular weight is 162 g/mol. The molecule has 0 aliphatic carbocycles. The zero-order chi connectivity index (χ0) is 8.39. The summed E-state index contributed by atoms with van der Waals surface area (Å²) in [5.41, 5.74) is 0.960. The molecule has 0 fully saturated rings. The Hall–Kier alpha value is -1.45. The van der Waals surface area contributed by atoms with Crippen molar-refractivity contribution < 1.29 is 0 Å². The van der Waals surface area contributed by atoms with E-state index in [0.717, 1.165) is 18.1 Å². The third-order valence-corrected chi connectivity index (χ3v) is 1.83. The summed E-state index contributed by atoms with van der Waals surface area (Å²) in [7, 11) is 0. The molecule has 4 nitrogen and oxygen atoms in total. The lowest BCUT2D eigenvalue weighted by molar-refractivity contribution is 0.889. The second-order valence-corrected chi connectivity index (χ2v) is 2.57. The van der Waals surface area contributed by atoms with Crippen molar-refractivity contribution in [2.75, 3.05) is 11.4 Å². The van der Waals surface area contributed by atoms with E-state index in [1.165, 1.54) is 0 Å². The molecule has 1 aromatic rings. The number of hydrogen-bond donors (Lipinski definition) is 0. The van der Waals surface area contributed by atoms with Crippen molar-refractivity contribution in [3.8, 4) is 0 Å². The molecule has 0 aromatic carbocycles. The van der Waals surface area contributed by atoms with Gasteiger partial charge in [0, 0.05) is 18.9 Å². The molecule has 2 heterocycles. The number of hydrogen-bond acceptors (Lipinski definition) is 4. The standard InChI is InChI=1S/C8H10N4/c1-2-12-6-9-5-7-8(12)11-4-3-10-7/h3-4,6H,2,5H2,1H3. The van der Waals surface area contributed by atoms with E-state index < -0.39 is 0 Å². The van der Waals surface area contributed by atoms with Gasteiger partial charge in [-0.3, -0.25) is 9.98 Å². The van der Waals surface area contributed by atoms with Crippen LogP contribution in [0.5, 0.6) is 0 Å². The maximum absolute atomic E-state index is 4.24. The Morgan fingerprint density at radius 2 is 2.25 bits per heavy atom. The van der Waals surface area contributed by atoms with Gasteiger partial charge in [0.05, 0.1) is 12.9 Å². The fraction of sp³-hybridized carbons (Fsp3) is 0.375. The molecule has 4 heteroatoms. The number of rotatable bonds is 1. The molecule has 12 heavy (non-hydrogen) atoms. The molecule has 0 radical (unpaired) electrons. The molecule has 0 bridgehead atoms. The van der Waals surface area contributed by atoms with Crippen LogP contribution in [-0.2, 0) is 6.54 Å². The summed E-state index contributed by atoms with van der Waals surface area (Å²) in [6.45, 7) is 3.60. The van der Waals surface area contributed by atoms with E-state index in [0.29, 0.717) is 6.54 Å². The number of aromatic nitrogens is 2. The van der Waals surface area contributed by atoms with Gasteiger partial charge in [-0.1, -0.05) is 0 Å². The average Bonchev–Trinajstić information content (AvgIpc) is 2.17. The molecular formula is C8H10N4. The first kappa shape index (κ1) is 7.21. The molecule has 1 aliphatic heterocycles. The van der Waals surface area contributed by atoms with Gasteiger partial charge in [0.25, 0.3) is 0 Å². The molecule has 0 N–H and O–H groups in total. The highest BCUT2D eigenvalue weighted by atomic mass is 15.2. The first-order valence-corrected chi connectivity index (χ1v) is 3.98. The molecule has 1 aromatic heterocycles. The van der Waals surface area contributed by atoms with Gasteiger partial charge in [-0.05, 0) is 6.92 Å². The van der Waals surface area contributed by atoms with Crippen LogP contribution in [0.1, 0.15) is 12.6 Å². The van der Waals surface area contributed by atoms with E-state index >= 15 is 0 Å². The summed E-state index contributed by atoms with van der Waals surface area (Å²) in [5, 5.41) is 0. The van der Waals surface area contributed by atoms with Crippen LogP contribution in [-0.4, -0.2) is 22.9 Å². The minimum atomic E-state index is 0.652. The maximum atomic E-state index is 4.24. The Bertz CT molecular complexity index is 308. The van der Waals surface area contributed by atoms with E-state index in [1.807, 2.05) is 11.2 Å². The van der Waals surface area contributed by atoms with Gasteiger partial charge < -0.3 is 4.90 Å². The summed E-state index contributed by atoms with van der Waals surface area (Å²) in [6, 6.07) is 0. The van der Waals surface area contributed by atoms with Crippen LogP contribution < -0.4 is 4.90 Å². The molecule has 0 saturated heterocycles. The Kier molecular flexibility index (Phi) is 1.74. The van der Waals surface area contributed by atoms with E-state index in [4.69, 9.17) is 0 Å². The summed E-state index contributed by atoms with van der Waals surface area (Å²) in [4.78, 5) is 14.6. The lowest BCUT2D eigenvalue weighted by atomic mass is 10.3. The Balaban J connectivity index is 2.43. The minimum Gasteiger partial charge on any atom is -0.316 e. The van der Waals surface area contributed by atoms with E-state index in [2.05, 4.69) is 21.9 Å². The van der Waals surface area contributed by atoms with Crippen molar-refractivity contribution in [3.63, 3.8) is 0 Å². The number of nitrogens with zero attached hydrogens (tertiary/aromatic N) is 4. The highest BCUT2D eigenvalue weighted by molar-refractivity contribution is 5.79. The van der Waals surface area contributed by atoms with Gasteiger partial charge in [-0.2, -0.15) is 0 Å². The zero-order valence-corrected chi connectivity index (χ0v) is 6.94. The third kappa shape index (κ3) is 1.05. The molecule has 0 unspecified atom stereocenters.